The third kappa shape index (κ3) is 3.69. The molecule has 5 heteroatoms. The molecule has 1 aliphatic rings. The number of oxime groups is 1. The van der Waals surface area contributed by atoms with Crippen LogP contribution in [0.25, 0.3) is 0 Å². The van der Waals surface area contributed by atoms with E-state index >= 15 is 0 Å². The number of carbonyl (C=O) groups is 1. The van der Waals surface area contributed by atoms with E-state index in [1.807, 2.05) is 25.7 Å². The van der Waals surface area contributed by atoms with Crippen LogP contribution in [-0.2, 0) is 4.79 Å². The normalized spacial score (nSPS) is 24.4. The average Bonchev–Trinajstić information content (AvgIpc) is 2.46. The quantitative estimate of drug-likeness (QED) is 0.611. The lowest BCUT2D eigenvalue weighted by Gasteiger charge is -2.37. The monoisotopic (exact) mass is 269 g/mol. The van der Waals surface area contributed by atoms with Crippen LogP contribution in [0, 0.1) is 5.92 Å². The maximum Gasteiger partial charge on any atom is 0.239 e. The summed E-state index contributed by atoms with van der Waals surface area (Å²) < 4.78 is 0. The Morgan fingerprint density at radius 3 is 2.58 bits per heavy atom. The topological polar surface area (TPSA) is 56.1 Å². The van der Waals surface area contributed by atoms with Crippen molar-refractivity contribution >= 4 is 11.6 Å². The van der Waals surface area contributed by atoms with Gasteiger partial charge >= 0.3 is 0 Å². The first kappa shape index (κ1) is 16.0. The van der Waals surface area contributed by atoms with Crippen molar-refractivity contribution < 1.29 is 10.0 Å². The number of hydrogen-bond donors (Lipinski definition) is 1. The first-order valence-corrected chi connectivity index (χ1v) is 7.32. The maximum absolute atomic E-state index is 12.4. The first-order valence-electron chi connectivity index (χ1n) is 7.32. The molecule has 5 nitrogen and oxygen atoms in total. The Kier molecular flexibility index (Phi) is 6.28. The molecule has 1 amide bonds. The van der Waals surface area contributed by atoms with E-state index in [1.165, 1.54) is 0 Å². The molecule has 1 rings (SSSR count). The lowest BCUT2D eigenvalue weighted by atomic mass is 9.92. The molecule has 0 aromatic rings. The van der Waals surface area contributed by atoms with Crippen LogP contribution in [-0.4, -0.2) is 58.8 Å². The number of piperidine rings is 1. The highest BCUT2D eigenvalue weighted by Gasteiger charge is 2.31. The molecule has 2 atom stereocenters. The summed E-state index contributed by atoms with van der Waals surface area (Å²) in [5, 5.41) is 12.4. The van der Waals surface area contributed by atoms with Gasteiger partial charge < -0.3 is 10.1 Å². The second-order valence-corrected chi connectivity index (χ2v) is 5.13. The van der Waals surface area contributed by atoms with Gasteiger partial charge in [0.1, 0.15) is 0 Å². The Morgan fingerprint density at radius 2 is 2.11 bits per heavy atom. The predicted octanol–water partition coefficient (Wildman–Crippen LogP) is 1.81. The van der Waals surface area contributed by atoms with Crippen molar-refractivity contribution in [3.8, 4) is 0 Å². The lowest BCUT2D eigenvalue weighted by Crippen LogP contribution is -2.52. The predicted molar refractivity (Wildman–Crippen MR) is 76.6 cm³/mol. The van der Waals surface area contributed by atoms with E-state index in [9.17, 15) is 4.79 Å². The summed E-state index contributed by atoms with van der Waals surface area (Å²) in [5.41, 5.74) is 0.876. The summed E-state index contributed by atoms with van der Waals surface area (Å²) in [4.78, 5) is 16.4. The molecule has 1 saturated heterocycles. The minimum absolute atomic E-state index is 0.0887. The molecule has 2 unspecified atom stereocenters. The van der Waals surface area contributed by atoms with Crippen LogP contribution in [0.5, 0.6) is 0 Å². The highest BCUT2D eigenvalue weighted by molar-refractivity contribution is 5.88. The molecule has 1 N–H and O–H groups in total. The van der Waals surface area contributed by atoms with Gasteiger partial charge in [0, 0.05) is 38.5 Å². The molecule has 0 aromatic heterocycles. The Hall–Kier alpha value is -1.10. The van der Waals surface area contributed by atoms with Crippen LogP contribution in [0.4, 0.5) is 0 Å². The molecule has 0 bridgehead atoms. The van der Waals surface area contributed by atoms with E-state index in [0.717, 1.165) is 44.7 Å². The molecule has 0 radical (unpaired) electrons. The number of amides is 1. The van der Waals surface area contributed by atoms with E-state index in [4.69, 9.17) is 5.21 Å². The second kappa shape index (κ2) is 7.48. The molecular weight excluding hydrogens is 242 g/mol. The van der Waals surface area contributed by atoms with Crippen LogP contribution in [0.2, 0.25) is 0 Å². The zero-order valence-corrected chi connectivity index (χ0v) is 12.6. The van der Waals surface area contributed by atoms with Crippen molar-refractivity contribution in [1.82, 2.24) is 9.80 Å². The van der Waals surface area contributed by atoms with Gasteiger partial charge in [-0.25, -0.2) is 0 Å². The van der Waals surface area contributed by atoms with Crippen molar-refractivity contribution in [1.29, 1.82) is 0 Å². The van der Waals surface area contributed by atoms with Crippen molar-refractivity contribution in [3.05, 3.63) is 0 Å². The van der Waals surface area contributed by atoms with Crippen LogP contribution in [0.15, 0.2) is 5.16 Å². The number of nitrogens with zero attached hydrogens (tertiary/aromatic N) is 3. The average molecular weight is 269 g/mol. The zero-order valence-electron chi connectivity index (χ0n) is 12.6. The Bertz CT molecular complexity index is 327. The summed E-state index contributed by atoms with van der Waals surface area (Å²) in [6, 6.07) is -0.0887. The summed E-state index contributed by atoms with van der Waals surface area (Å²) in [6.07, 6.45) is 1.70. The van der Waals surface area contributed by atoms with E-state index in [0.29, 0.717) is 0 Å². The Balaban J connectivity index is 2.68. The molecule has 0 spiro atoms. The third-order valence-electron chi connectivity index (χ3n) is 4.18. The van der Waals surface area contributed by atoms with Crippen molar-refractivity contribution in [2.75, 3.05) is 26.2 Å². The standard InChI is InChI=1S/C14H27N3O2/c1-5-12-10-17(9-8-13(12)15-19)11(4)14(18)16(6-2)7-3/h11-12,19H,5-10H2,1-4H3. The summed E-state index contributed by atoms with van der Waals surface area (Å²) >= 11 is 0. The minimum atomic E-state index is -0.0887. The number of carbonyl (C=O) groups excluding carboxylic acids is 1. The van der Waals surface area contributed by atoms with Gasteiger partial charge in [-0.2, -0.15) is 0 Å². The van der Waals surface area contributed by atoms with E-state index in [2.05, 4.69) is 17.0 Å². The van der Waals surface area contributed by atoms with Gasteiger partial charge in [-0.15, -0.1) is 0 Å². The molecule has 0 saturated carbocycles. The lowest BCUT2D eigenvalue weighted by molar-refractivity contribution is -0.136. The van der Waals surface area contributed by atoms with Crippen LogP contribution in [0.3, 0.4) is 0 Å². The number of hydrogen-bond acceptors (Lipinski definition) is 4. The number of likely N-dealkylation sites (tertiary alicyclic amines) is 1. The fourth-order valence-corrected chi connectivity index (χ4v) is 2.75. The molecule has 1 aliphatic heterocycles. The molecule has 1 heterocycles. The Labute approximate surface area is 116 Å². The molecule has 110 valence electrons. The fourth-order valence-electron chi connectivity index (χ4n) is 2.75. The Morgan fingerprint density at radius 1 is 1.47 bits per heavy atom. The smallest absolute Gasteiger partial charge is 0.239 e. The van der Waals surface area contributed by atoms with Gasteiger partial charge in [0.15, 0.2) is 0 Å². The number of rotatable bonds is 5. The van der Waals surface area contributed by atoms with Gasteiger partial charge in [-0.1, -0.05) is 12.1 Å². The summed E-state index contributed by atoms with van der Waals surface area (Å²) in [6.45, 7) is 11.2. The molecule has 1 fully saturated rings. The summed E-state index contributed by atoms with van der Waals surface area (Å²) in [5.74, 6) is 0.468. The highest BCUT2D eigenvalue weighted by atomic mass is 16.4. The molecule has 0 aliphatic carbocycles. The first-order chi connectivity index (χ1) is 9.08. The van der Waals surface area contributed by atoms with Crippen molar-refractivity contribution in [3.63, 3.8) is 0 Å². The third-order valence-corrected chi connectivity index (χ3v) is 4.18. The maximum atomic E-state index is 12.4. The van der Waals surface area contributed by atoms with E-state index in [1.54, 1.807) is 0 Å². The minimum Gasteiger partial charge on any atom is -0.411 e. The van der Waals surface area contributed by atoms with Crippen LogP contribution >= 0.6 is 0 Å². The van der Waals surface area contributed by atoms with Crippen molar-refractivity contribution in [2.45, 2.75) is 46.6 Å². The largest absolute Gasteiger partial charge is 0.411 e. The van der Waals surface area contributed by atoms with Gasteiger partial charge in [0.25, 0.3) is 0 Å². The zero-order chi connectivity index (χ0) is 14.4. The summed E-state index contributed by atoms with van der Waals surface area (Å²) in [7, 11) is 0. The molecular formula is C14H27N3O2. The second-order valence-electron chi connectivity index (χ2n) is 5.13. The van der Waals surface area contributed by atoms with Crippen molar-refractivity contribution in [2.24, 2.45) is 11.1 Å². The van der Waals surface area contributed by atoms with Crippen LogP contribution < -0.4 is 0 Å². The highest BCUT2D eigenvalue weighted by Crippen LogP contribution is 2.20. The molecule has 19 heavy (non-hydrogen) atoms. The van der Waals surface area contributed by atoms with Gasteiger partial charge in [-0.3, -0.25) is 9.69 Å². The van der Waals surface area contributed by atoms with E-state index < -0.39 is 0 Å². The van der Waals surface area contributed by atoms with Gasteiger partial charge in [0.2, 0.25) is 5.91 Å². The van der Waals surface area contributed by atoms with E-state index in [-0.39, 0.29) is 17.9 Å². The fraction of sp³-hybridized carbons (Fsp3) is 0.857. The van der Waals surface area contributed by atoms with Crippen LogP contribution in [0.1, 0.15) is 40.5 Å². The van der Waals surface area contributed by atoms with Gasteiger partial charge in [-0.05, 0) is 27.2 Å². The van der Waals surface area contributed by atoms with Gasteiger partial charge in [0.05, 0.1) is 11.8 Å². The number of likely N-dealkylation sites (N-methyl/N-ethyl adjacent to an activating group) is 1. The molecule has 0 aromatic carbocycles. The SMILES string of the molecule is CCC1CN(C(C)C(=O)N(CC)CC)CCC1=NO.